The van der Waals surface area contributed by atoms with Crippen LogP contribution in [-0.4, -0.2) is 14.5 Å². The zero-order chi connectivity index (χ0) is 13.1. The number of aliphatic hydroxyl groups excluding tert-OH is 1. The highest BCUT2D eigenvalue weighted by Gasteiger charge is 2.09. The molecule has 0 fully saturated rings. The third-order valence-corrected chi connectivity index (χ3v) is 5.18. The van der Waals surface area contributed by atoms with Crippen LogP contribution < -0.4 is 0 Å². The summed E-state index contributed by atoms with van der Waals surface area (Å²) in [6, 6.07) is 5.86. The summed E-state index contributed by atoms with van der Waals surface area (Å²) in [7, 11) is 0. The van der Waals surface area contributed by atoms with E-state index in [2.05, 4.69) is 25.3 Å². The lowest BCUT2D eigenvalue weighted by atomic mass is 10.1. The fourth-order valence-electron chi connectivity index (χ4n) is 1.38. The minimum absolute atomic E-state index is 0.450. The fourth-order valence-corrected chi connectivity index (χ4v) is 3.68. The molecule has 0 unspecified atom stereocenters. The van der Waals surface area contributed by atoms with Crippen molar-refractivity contribution in [2.75, 3.05) is 0 Å². The van der Waals surface area contributed by atoms with E-state index >= 15 is 0 Å². The smallest absolute Gasteiger partial charge is 0.174 e. The zero-order valence-corrected chi connectivity index (χ0v) is 13.3. The molecule has 18 heavy (non-hydrogen) atoms. The first-order valence-electron chi connectivity index (χ1n) is 5.58. The summed E-state index contributed by atoms with van der Waals surface area (Å²) in [5, 5.41) is 9.52. The molecule has 3 nitrogen and oxygen atoms in total. The predicted molar refractivity (Wildman–Crippen MR) is 78.2 cm³/mol. The highest BCUT2D eigenvalue weighted by Crippen LogP contribution is 2.35. The molecule has 6 heteroatoms. The van der Waals surface area contributed by atoms with Crippen LogP contribution in [0, 0.1) is 0 Å². The van der Waals surface area contributed by atoms with Crippen LogP contribution in [0.1, 0.15) is 31.3 Å². The van der Waals surface area contributed by atoms with Crippen LogP contribution in [-0.2, 0) is 6.42 Å². The molecule has 2 rings (SSSR count). The molecule has 1 heterocycles. The molecule has 0 saturated carbocycles. The summed E-state index contributed by atoms with van der Waals surface area (Å²) in [4.78, 5) is 5.50. The number of halogens is 1. The normalized spacial score (nSPS) is 12.7. The van der Waals surface area contributed by atoms with Crippen LogP contribution in [0.2, 0.25) is 0 Å². The van der Waals surface area contributed by atoms with E-state index in [0.717, 1.165) is 31.5 Å². The molecule has 0 amide bonds. The van der Waals surface area contributed by atoms with E-state index in [0.29, 0.717) is 0 Å². The summed E-state index contributed by atoms with van der Waals surface area (Å²) in [6.45, 7) is 3.80. The van der Waals surface area contributed by atoms with Crippen molar-refractivity contribution < 1.29 is 5.11 Å². The molecule has 1 atom stereocenters. The lowest BCUT2D eigenvalue weighted by molar-refractivity contribution is 0.199. The van der Waals surface area contributed by atoms with Crippen LogP contribution in [0.3, 0.4) is 0 Å². The third-order valence-electron chi connectivity index (χ3n) is 2.40. The van der Waals surface area contributed by atoms with E-state index in [1.54, 1.807) is 18.7 Å². The Morgan fingerprint density at radius 2 is 2.28 bits per heavy atom. The Labute approximate surface area is 123 Å². The van der Waals surface area contributed by atoms with Gasteiger partial charge in [-0.15, -0.1) is 0 Å². The zero-order valence-electron chi connectivity index (χ0n) is 10.1. The van der Waals surface area contributed by atoms with Crippen molar-refractivity contribution in [3.05, 3.63) is 34.1 Å². The Bertz CT molecular complexity index is 543. The van der Waals surface area contributed by atoms with Crippen LogP contribution in [0.25, 0.3) is 0 Å². The van der Waals surface area contributed by atoms with Gasteiger partial charge >= 0.3 is 0 Å². The van der Waals surface area contributed by atoms with Gasteiger partial charge in [-0.25, -0.2) is 4.98 Å². The number of rotatable bonds is 4. The van der Waals surface area contributed by atoms with Gasteiger partial charge in [-0.1, -0.05) is 24.8 Å². The maximum Gasteiger partial charge on any atom is 0.174 e. The SMILES string of the molecule is CCc1nsc(Sc2ccc([C@H](C)O)cc2Br)n1. The van der Waals surface area contributed by atoms with Crippen LogP contribution in [0.4, 0.5) is 0 Å². The molecule has 0 aliphatic rings. The van der Waals surface area contributed by atoms with Gasteiger partial charge in [0.25, 0.3) is 0 Å². The quantitative estimate of drug-likeness (QED) is 0.907. The van der Waals surface area contributed by atoms with E-state index in [9.17, 15) is 5.11 Å². The maximum absolute atomic E-state index is 9.52. The van der Waals surface area contributed by atoms with Crippen molar-refractivity contribution in [1.29, 1.82) is 0 Å². The Kier molecular flexibility index (Phi) is 4.77. The van der Waals surface area contributed by atoms with E-state index in [1.807, 2.05) is 25.1 Å². The van der Waals surface area contributed by atoms with Gasteiger partial charge in [-0.05, 0) is 52.1 Å². The van der Waals surface area contributed by atoms with Crippen LogP contribution in [0.15, 0.2) is 31.9 Å². The average Bonchev–Trinajstić information content (AvgIpc) is 2.79. The van der Waals surface area contributed by atoms with Crippen molar-refractivity contribution in [1.82, 2.24) is 9.36 Å². The van der Waals surface area contributed by atoms with E-state index in [4.69, 9.17) is 0 Å². The average molecular weight is 345 g/mol. The van der Waals surface area contributed by atoms with Gasteiger partial charge in [0.1, 0.15) is 5.82 Å². The van der Waals surface area contributed by atoms with Crippen LogP contribution in [0.5, 0.6) is 0 Å². The number of hydrogen-bond donors (Lipinski definition) is 1. The lowest BCUT2D eigenvalue weighted by Gasteiger charge is -2.07. The molecular formula is C12H13BrN2OS2. The van der Waals surface area contributed by atoms with Crippen molar-refractivity contribution >= 4 is 39.2 Å². The van der Waals surface area contributed by atoms with Crippen molar-refractivity contribution in [2.45, 2.75) is 35.6 Å². The van der Waals surface area contributed by atoms with Gasteiger partial charge in [0.2, 0.25) is 0 Å². The molecule has 2 aromatic rings. The Balaban J connectivity index is 2.19. The Morgan fingerprint density at radius 1 is 1.50 bits per heavy atom. The van der Waals surface area contributed by atoms with Gasteiger partial charge in [-0.3, -0.25) is 0 Å². The van der Waals surface area contributed by atoms with Crippen molar-refractivity contribution in [3.8, 4) is 0 Å². The van der Waals surface area contributed by atoms with Gasteiger partial charge in [0.05, 0.1) is 6.10 Å². The second kappa shape index (κ2) is 6.14. The molecule has 0 aliphatic heterocycles. The third kappa shape index (κ3) is 3.32. The minimum atomic E-state index is -0.450. The van der Waals surface area contributed by atoms with Gasteiger partial charge < -0.3 is 5.11 Å². The molecule has 0 aliphatic carbocycles. The minimum Gasteiger partial charge on any atom is -0.389 e. The molecule has 0 saturated heterocycles. The molecule has 0 bridgehead atoms. The number of hydrogen-bond acceptors (Lipinski definition) is 5. The molecule has 1 aromatic heterocycles. The first-order chi connectivity index (χ1) is 8.60. The summed E-state index contributed by atoms with van der Waals surface area (Å²) in [6.07, 6.45) is 0.410. The first-order valence-corrected chi connectivity index (χ1v) is 7.96. The Hall–Kier alpha value is -0.430. The molecule has 96 valence electrons. The standard InChI is InChI=1S/C12H13BrN2OS2/c1-3-11-14-12(18-15-11)17-10-5-4-8(7(2)16)6-9(10)13/h4-7,16H,3H2,1-2H3/t7-/m0/s1. The highest BCUT2D eigenvalue weighted by atomic mass is 79.9. The van der Waals surface area contributed by atoms with Crippen molar-refractivity contribution in [3.63, 3.8) is 0 Å². The molecule has 1 N–H and O–H groups in total. The second-order valence-electron chi connectivity index (χ2n) is 3.80. The van der Waals surface area contributed by atoms with E-state index < -0.39 is 6.10 Å². The van der Waals surface area contributed by atoms with Crippen LogP contribution >= 0.6 is 39.2 Å². The monoisotopic (exact) mass is 344 g/mol. The number of nitrogens with zero attached hydrogens (tertiary/aromatic N) is 2. The van der Waals surface area contributed by atoms with E-state index in [-0.39, 0.29) is 0 Å². The van der Waals surface area contributed by atoms with Crippen molar-refractivity contribution in [2.24, 2.45) is 0 Å². The maximum atomic E-state index is 9.52. The second-order valence-corrected chi connectivity index (χ2v) is 6.69. The summed E-state index contributed by atoms with van der Waals surface area (Å²) in [5.41, 5.74) is 0.901. The van der Waals surface area contributed by atoms with Gasteiger partial charge in [-0.2, -0.15) is 4.37 Å². The predicted octanol–water partition coefficient (Wildman–Crippen LogP) is 4.07. The summed E-state index contributed by atoms with van der Waals surface area (Å²) in [5.74, 6) is 0.888. The highest BCUT2D eigenvalue weighted by molar-refractivity contribution is 9.10. The van der Waals surface area contributed by atoms with E-state index in [1.165, 1.54) is 11.5 Å². The molecular weight excluding hydrogens is 332 g/mol. The lowest BCUT2D eigenvalue weighted by Crippen LogP contribution is -1.90. The molecule has 1 aromatic carbocycles. The number of aryl methyl sites for hydroxylation is 1. The Morgan fingerprint density at radius 3 is 2.83 bits per heavy atom. The molecule has 0 radical (unpaired) electrons. The summed E-state index contributed by atoms with van der Waals surface area (Å²) < 4.78 is 6.17. The number of aliphatic hydroxyl groups is 1. The fraction of sp³-hybridized carbons (Fsp3) is 0.333. The van der Waals surface area contributed by atoms with Gasteiger partial charge in [0.15, 0.2) is 4.34 Å². The topological polar surface area (TPSA) is 46.0 Å². The van der Waals surface area contributed by atoms with Gasteiger partial charge in [0, 0.05) is 15.8 Å². The summed E-state index contributed by atoms with van der Waals surface area (Å²) >= 11 is 6.53. The number of benzene rings is 1. The molecule has 0 spiro atoms. The largest absolute Gasteiger partial charge is 0.389 e. The number of aromatic nitrogens is 2. The first kappa shape index (κ1) is 14.0.